The van der Waals surface area contributed by atoms with Gasteiger partial charge >= 0.3 is 0 Å². The number of hydrogen-bond acceptors (Lipinski definition) is 4. The molecular weight excluding hydrogens is 385 g/mol. The van der Waals surface area contributed by atoms with Crippen molar-refractivity contribution in [2.24, 2.45) is 0 Å². The number of ether oxygens (including phenoxy) is 1. The zero-order valence-corrected chi connectivity index (χ0v) is 17.0. The van der Waals surface area contributed by atoms with Crippen LogP contribution in [0.2, 0.25) is 0 Å². The summed E-state index contributed by atoms with van der Waals surface area (Å²) in [5.74, 6) is 0.121. The molecule has 0 spiro atoms. The fourth-order valence-electron chi connectivity index (χ4n) is 3.70. The summed E-state index contributed by atoms with van der Waals surface area (Å²) in [6, 6.07) is 11.9. The zero-order chi connectivity index (χ0) is 21.3. The summed E-state index contributed by atoms with van der Waals surface area (Å²) >= 11 is 0. The highest BCUT2D eigenvalue weighted by Gasteiger charge is 2.22. The Labute approximate surface area is 174 Å². The second kappa shape index (κ2) is 8.28. The number of aliphatic hydroxyl groups excluding tert-OH is 1. The van der Waals surface area contributed by atoms with Crippen molar-refractivity contribution < 1.29 is 19.0 Å². The minimum Gasteiger partial charge on any atom is -0.482 e. The Bertz CT molecular complexity index is 1080. The number of benzene rings is 2. The second-order valence-corrected chi connectivity index (χ2v) is 7.44. The number of halogens is 1. The number of amides is 1. The van der Waals surface area contributed by atoms with Gasteiger partial charge in [-0.2, -0.15) is 5.10 Å². The first-order valence-electron chi connectivity index (χ1n) is 10.0. The smallest absolute Gasteiger partial charge is 0.262 e. The normalized spacial score (nSPS) is 14.1. The number of nitrogens with one attached hydrogen (secondary N) is 1. The molecule has 156 valence electrons. The molecule has 1 atom stereocenters. The Morgan fingerprint density at radius 3 is 2.70 bits per heavy atom. The molecule has 1 aliphatic heterocycles. The molecule has 3 aromatic rings. The van der Waals surface area contributed by atoms with Gasteiger partial charge in [0.15, 0.2) is 6.61 Å². The number of aromatic nitrogens is 2. The third-order valence-corrected chi connectivity index (χ3v) is 5.29. The lowest BCUT2D eigenvalue weighted by Crippen LogP contribution is -2.25. The fourth-order valence-corrected chi connectivity index (χ4v) is 3.70. The summed E-state index contributed by atoms with van der Waals surface area (Å²) in [7, 11) is 0. The Hall–Kier alpha value is -3.19. The number of fused-ring (bicyclic) bond motifs is 1. The van der Waals surface area contributed by atoms with Crippen LogP contribution in [0, 0.1) is 12.7 Å². The van der Waals surface area contributed by atoms with Crippen LogP contribution in [0.3, 0.4) is 0 Å². The number of anilines is 1. The molecule has 2 heterocycles. The predicted octanol–water partition coefficient (Wildman–Crippen LogP) is 4.16. The van der Waals surface area contributed by atoms with Crippen molar-refractivity contribution in [2.45, 2.75) is 39.3 Å². The van der Waals surface area contributed by atoms with Crippen molar-refractivity contribution in [3.8, 4) is 28.1 Å². The van der Waals surface area contributed by atoms with Crippen molar-refractivity contribution in [2.75, 3.05) is 11.9 Å². The minimum atomic E-state index is -0.407. The highest BCUT2D eigenvalue weighted by molar-refractivity contribution is 5.97. The van der Waals surface area contributed by atoms with Crippen molar-refractivity contribution in [1.29, 1.82) is 0 Å². The van der Waals surface area contributed by atoms with Gasteiger partial charge in [0.25, 0.3) is 5.91 Å². The average Bonchev–Trinajstić information content (AvgIpc) is 3.08. The first-order chi connectivity index (χ1) is 14.5. The van der Waals surface area contributed by atoms with Crippen LogP contribution in [0.15, 0.2) is 42.5 Å². The van der Waals surface area contributed by atoms with Gasteiger partial charge in [-0.25, -0.2) is 4.39 Å². The van der Waals surface area contributed by atoms with Crippen LogP contribution in [-0.4, -0.2) is 33.5 Å². The molecule has 6 nitrogen and oxygen atoms in total. The maximum atomic E-state index is 13.5. The third kappa shape index (κ3) is 3.93. The number of aryl methyl sites for hydroxylation is 2. The molecule has 2 N–H and O–H groups in total. The SMILES string of the molecule is CCC(O)CCn1nc(C)c(-c2ccc3c(c2)NC(=O)CO3)c1-c1ccc(F)cc1. The number of hydrogen-bond donors (Lipinski definition) is 2. The van der Waals surface area contributed by atoms with Gasteiger partial charge in [0, 0.05) is 17.7 Å². The summed E-state index contributed by atoms with van der Waals surface area (Å²) < 4.78 is 20.9. The van der Waals surface area contributed by atoms with E-state index >= 15 is 0 Å². The lowest BCUT2D eigenvalue weighted by molar-refractivity contribution is -0.118. The largest absolute Gasteiger partial charge is 0.482 e. The molecule has 0 bridgehead atoms. The van der Waals surface area contributed by atoms with Gasteiger partial charge in [-0.1, -0.05) is 13.0 Å². The molecule has 4 rings (SSSR count). The number of nitrogens with zero attached hydrogens (tertiary/aromatic N) is 2. The lowest BCUT2D eigenvalue weighted by Gasteiger charge is -2.19. The first kappa shape index (κ1) is 20.1. The molecule has 1 aliphatic rings. The standard InChI is InChI=1S/C23H24FN3O3/c1-3-18(28)10-11-27-23(15-4-7-17(24)8-5-15)22(14(2)26-27)16-6-9-20-19(12-16)25-21(29)13-30-20/h4-9,12,18,28H,3,10-11,13H2,1-2H3,(H,25,29). The number of rotatable bonds is 6. The highest BCUT2D eigenvalue weighted by Crippen LogP contribution is 2.39. The molecule has 0 saturated carbocycles. The maximum Gasteiger partial charge on any atom is 0.262 e. The summed E-state index contributed by atoms with van der Waals surface area (Å²) in [5.41, 5.74) is 4.87. The molecule has 0 aliphatic carbocycles. The molecular formula is C23H24FN3O3. The molecule has 0 saturated heterocycles. The van der Waals surface area contributed by atoms with E-state index in [1.807, 2.05) is 36.7 Å². The number of carbonyl (C=O) groups is 1. The van der Waals surface area contributed by atoms with E-state index in [-0.39, 0.29) is 18.3 Å². The van der Waals surface area contributed by atoms with Crippen molar-refractivity contribution in [3.05, 3.63) is 54.0 Å². The second-order valence-electron chi connectivity index (χ2n) is 7.44. The van der Waals surface area contributed by atoms with Crippen LogP contribution in [0.4, 0.5) is 10.1 Å². The quantitative estimate of drug-likeness (QED) is 0.641. The van der Waals surface area contributed by atoms with Crippen molar-refractivity contribution in [3.63, 3.8) is 0 Å². The van der Waals surface area contributed by atoms with E-state index < -0.39 is 6.10 Å². The molecule has 1 unspecified atom stereocenters. The van der Waals surface area contributed by atoms with Crippen LogP contribution in [0.5, 0.6) is 5.75 Å². The number of aliphatic hydroxyl groups is 1. The summed E-state index contributed by atoms with van der Waals surface area (Å²) in [4.78, 5) is 11.7. The van der Waals surface area contributed by atoms with E-state index in [0.29, 0.717) is 30.8 Å². The molecule has 0 radical (unpaired) electrons. The maximum absolute atomic E-state index is 13.5. The molecule has 30 heavy (non-hydrogen) atoms. The molecule has 7 heteroatoms. The number of carbonyl (C=O) groups excluding carboxylic acids is 1. The molecule has 1 aromatic heterocycles. The van der Waals surface area contributed by atoms with Gasteiger partial charge in [-0.15, -0.1) is 0 Å². The Balaban J connectivity index is 1.83. The monoisotopic (exact) mass is 409 g/mol. The van der Waals surface area contributed by atoms with Crippen LogP contribution in [-0.2, 0) is 11.3 Å². The van der Waals surface area contributed by atoms with E-state index in [9.17, 15) is 14.3 Å². The topological polar surface area (TPSA) is 76.4 Å². The van der Waals surface area contributed by atoms with Crippen LogP contribution >= 0.6 is 0 Å². The van der Waals surface area contributed by atoms with Crippen LogP contribution in [0.1, 0.15) is 25.5 Å². The van der Waals surface area contributed by atoms with Crippen molar-refractivity contribution >= 4 is 11.6 Å². The first-order valence-corrected chi connectivity index (χ1v) is 10.0. The van der Waals surface area contributed by atoms with E-state index in [1.54, 1.807) is 12.1 Å². The lowest BCUT2D eigenvalue weighted by atomic mass is 9.98. The van der Waals surface area contributed by atoms with Crippen LogP contribution < -0.4 is 10.1 Å². The van der Waals surface area contributed by atoms with E-state index in [0.717, 1.165) is 28.1 Å². The molecule has 2 aromatic carbocycles. The Morgan fingerprint density at radius 2 is 1.97 bits per heavy atom. The van der Waals surface area contributed by atoms with Gasteiger partial charge in [-0.05, 0) is 61.7 Å². The van der Waals surface area contributed by atoms with Gasteiger partial charge in [0.05, 0.1) is 23.2 Å². The molecule has 1 amide bonds. The van der Waals surface area contributed by atoms with Gasteiger partial charge in [0.2, 0.25) is 0 Å². The van der Waals surface area contributed by atoms with Gasteiger partial charge in [0.1, 0.15) is 11.6 Å². The fraction of sp³-hybridized carbons (Fsp3) is 0.304. The summed E-state index contributed by atoms with van der Waals surface area (Å²) in [6.07, 6.45) is 0.832. The third-order valence-electron chi connectivity index (χ3n) is 5.29. The van der Waals surface area contributed by atoms with Crippen LogP contribution in [0.25, 0.3) is 22.4 Å². The zero-order valence-electron chi connectivity index (χ0n) is 17.0. The van der Waals surface area contributed by atoms with Crippen molar-refractivity contribution in [1.82, 2.24) is 9.78 Å². The summed E-state index contributed by atoms with van der Waals surface area (Å²) in [5, 5.41) is 17.6. The molecule has 0 fully saturated rings. The van der Waals surface area contributed by atoms with E-state index in [4.69, 9.17) is 9.84 Å². The van der Waals surface area contributed by atoms with E-state index in [2.05, 4.69) is 5.32 Å². The van der Waals surface area contributed by atoms with E-state index in [1.165, 1.54) is 12.1 Å². The van der Waals surface area contributed by atoms with Gasteiger partial charge < -0.3 is 15.2 Å². The Kier molecular flexibility index (Phi) is 5.55. The predicted molar refractivity (Wildman–Crippen MR) is 113 cm³/mol. The summed E-state index contributed by atoms with van der Waals surface area (Å²) in [6.45, 7) is 4.40. The minimum absolute atomic E-state index is 0.00386. The average molecular weight is 409 g/mol. The van der Waals surface area contributed by atoms with Gasteiger partial charge in [-0.3, -0.25) is 9.48 Å². The highest BCUT2D eigenvalue weighted by atomic mass is 19.1. The Morgan fingerprint density at radius 1 is 1.23 bits per heavy atom.